The molecule has 0 fully saturated rings. The molecule has 4 nitrogen and oxygen atoms in total. The van der Waals surface area contributed by atoms with Crippen molar-refractivity contribution >= 4 is 11.9 Å². The van der Waals surface area contributed by atoms with E-state index in [-0.39, 0.29) is 27.8 Å². The van der Waals surface area contributed by atoms with Crippen molar-refractivity contribution in [2.45, 2.75) is 11.6 Å². The van der Waals surface area contributed by atoms with Gasteiger partial charge in [-0.05, 0) is 53.1 Å². The highest BCUT2D eigenvalue weighted by atomic mass is 19.4. The van der Waals surface area contributed by atoms with Gasteiger partial charge in [-0.1, -0.05) is 36.4 Å². The number of aromatic carboxylic acids is 2. The van der Waals surface area contributed by atoms with E-state index < -0.39 is 29.3 Å². The van der Waals surface area contributed by atoms with Crippen LogP contribution in [0.4, 0.5) is 17.6 Å². The van der Waals surface area contributed by atoms with Gasteiger partial charge < -0.3 is 10.2 Å². The molecule has 0 amide bonds. The van der Waals surface area contributed by atoms with Gasteiger partial charge in [-0.25, -0.2) is 14.0 Å². The number of alkyl halides is 3. The van der Waals surface area contributed by atoms with Crippen molar-refractivity contribution < 1.29 is 37.4 Å². The monoisotopic (exact) mass is 418 g/mol. The van der Waals surface area contributed by atoms with E-state index in [2.05, 4.69) is 0 Å². The molecular weight excluding hydrogens is 404 g/mol. The predicted octanol–water partition coefficient (Wildman–Crippen LogP) is 5.12. The minimum Gasteiger partial charge on any atom is -0.478 e. The summed E-state index contributed by atoms with van der Waals surface area (Å²) < 4.78 is 57.6. The summed E-state index contributed by atoms with van der Waals surface area (Å²) in [5.41, 5.74) is -4.08. The van der Waals surface area contributed by atoms with Crippen LogP contribution in [-0.4, -0.2) is 28.3 Å². The first kappa shape index (κ1) is 21.0. The summed E-state index contributed by atoms with van der Waals surface area (Å²) in [7, 11) is 0. The summed E-state index contributed by atoms with van der Waals surface area (Å²) in [5, 5.41) is 18.1. The van der Waals surface area contributed by atoms with Crippen molar-refractivity contribution in [2.24, 2.45) is 0 Å². The van der Waals surface area contributed by atoms with Gasteiger partial charge in [-0.2, -0.15) is 13.2 Å². The van der Waals surface area contributed by atoms with E-state index in [1.807, 2.05) is 0 Å². The SMILES string of the molecule is O=C(O)c1ccc(C(c2ccc(F)cc2)(c2ccc(C(=O)O)cc2)C(F)(F)F)cc1. The first-order valence-corrected chi connectivity index (χ1v) is 8.58. The van der Waals surface area contributed by atoms with Crippen LogP contribution in [0.3, 0.4) is 0 Å². The highest BCUT2D eigenvalue weighted by Gasteiger charge is 2.58. The molecule has 0 saturated heterocycles. The highest BCUT2D eigenvalue weighted by Crippen LogP contribution is 2.51. The Morgan fingerprint density at radius 2 is 0.900 bits per heavy atom. The molecule has 0 heterocycles. The molecule has 3 rings (SSSR count). The second kappa shape index (κ2) is 7.62. The summed E-state index contributed by atoms with van der Waals surface area (Å²) in [5.74, 6) is -3.32. The van der Waals surface area contributed by atoms with Crippen LogP contribution < -0.4 is 0 Å². The molecule has 0 saturated carbocycles. The van der Waals surface area contributed by atoms with Crippen LogP contribution in [-0.2, 0) is 5.41 Å². The zero-order valence-corrected chi connectivity index (χ0v) is 15.2. The lowest BCUT2D eigenvalue weighted by Crippen LogP contribution is -2.44. The summed E-state index contributed by atoms with van der Waals surface area (Å²) >= 11 is 0. The third-order valence-corrected chi connectivity index (χ3v) is 4.83. The van der Waals surface area contributed by atoms with E-state index in [0.29, 0.717) is 0 Å². The van der Waals surface area contributed by atoms with E-state index >= 15 is 0 Å². The quantitative estimate of drug-likeness (QED) is 0.446. The molecule has 0 atom stereocenters. The molecular formula is C22H14F4O4. The van der Waals surface area contributed by atoms with Crippen LogP contribution in [0.2, 0.25) is 0 Å². The zero-order chi connectivity index (χ0) is 22.1. The van der Waals surface area contributed by atoms with Gasteiger partial charge in [0.15, 0.2) is 0 Å². The average Bonchev–Trinajstić information content (AvgIpc) is 2.69. The molecule has 30 heavy (non-hydrogen) atoms. The van der Waals surface area contributed by atoms with Gasteiger partial charge in [0.2, 0.25) is 0 Å². The standard InChI is InChI=1S/C22H14F4O4/c23-18-11-9-17(10-12-18)21(22(24,25)26,15-5-1-13(2-6-15)19(27)28)16-7-3-14(4-8-16)20(29)30/h1-12H,(H,27,28)(H,29,30). The fourth-order valence-corrected chi connectivity index (χ4v) is 3.42. The number of hydrogen-bond acceptors (Lipinski definition) is 2. The van der Waals surface area contributed by atoms with Crippen molar-refractivity contribution in [2.75, 3.05) is 0 Å². The summed E-state index contributed by atoms with van der Waals surface area (Å²) in [6, 6.07) is 12.2. The lowest BCUT2D eigenvalue weighted by atomic mass is 9.68. The smallest absolute Gasteiger partial charge is 0.406 e. The molecule has 0 aliphatic rings. The Hall–Kier alpha value is -3.68. The van der Waals surface area contributed by atoms with Crippen LogP contribution in [0, 0.1) is 5.82 Å². The Balaban J connectivity index is 2.36. The molecule has 0 spiro atoms. The average molecular weight is 418 g/mol. The minimum absolute atomic E-state index is 0.199. The van der Waals surface area contributed by atoms with Crippen LogP contribution in [0.25, 0.3) is 0 Å². The van der Waals surface area contributed by atoms with E-state index in [1.54, 1.807) is 0 Å². The first-order chi connectivity index (χ1) is 14.1. The molecule has 0 radical (unpaired) electrons. The second-order valence-electron chi connectivity index (χ2n) is 6.52. The number of hydrogen-bond donors (Lipinski definition) is 2. The molecule has 3 aromatic carbocycles. The van der Waals surface area contributed by atoms with Crippen molar-refractivity contribution in [1.82, 2.24) is 0 Å². The van der Waals surface area contributed by atoms with Gasteiger partial charge in [0.1, 0.15) is 11.2 Å². The number of carbonyl (C=O) groups is 2. The van der Waals surface area contributed by atoms with Gasteiger partial charge in [0.05, 0.1) is 11.1 Å². The van der Waals surface area contributed by atoms with E-state index in [1.165, 1.54) is 0 Å². The maximum atomic E-state index is 14.7. The topological polar surface area (TPSA) is 74.6 Å². The van der Waals surface area contributed by atoms with Crippen molar-refractivity contribution in [1.29, 1.82) is 0 Å². The molecule has 154 valence electrons. The number of carboxylic acids is 2. The summed E-state index contributed by atoms with van der Waals surface area (Å²) in [4.78, 5) is 22.2. The highest BCUT2D eigenvalue weighted by molar-refractivity contribution is 5.88. The molecule has 8 heteroatoms. The summed E-state index contributed by atoms with van der Waals surface area (Å²) in [6.07, 6.45) is -4.93. The van der Waals surface area contributed by atoms with Crippen molar-refractivity contribution in [3.05, 3.63) is 106 Å². The van der Waals surface area contributed by atoms with Gasteiger partial charge in [-0.15, -0.1) is 0 Å². The second-order valence-corrected chi connectivity index (χ2v) is 6.52. The van der Waals surface area contributed by atoms with E-state index in [0.717, 1.165) is 72.8 Å². The number of carboxylic acid groups (broad SMARTS) is 2. The van der Waals surface area contributed by atoms with Crippen molar-refractivity contribution in [3.8, 4) is 0 Å². The number of halogens is 4. The third kappa shape index (κ3) is 3.52. The Morgan fingerprint density at radius 1 is 0.600 bits per heavy atom. The van der Waals surface area contributed by atoms with Gasteiger partial charge in [0.25, 0.3) is 0 Å². The van der Waals surface area contributed by atoms with Crippen LogP contribution >= 0.6 is 0 Å². The Kier molecular flexibility index (Phi) is 5.35. The van der Waals surface area contributed by atoms with Crippen molar-refractivity contribution in [3.63, 3.8) is 0 Å². The molecule has 2 N–H and O–H groups in total. The van der Waals surface area contributed by atoms with Crippen LogP contribution in [0.15, 0.2) is 72.8 Å². The Labute approximate surface area is 168 Å². The lowest BCUT2D eigenvalue weighted by Gasteiger charge is -2.37. The van der Waals surface area contributed by atoms with Gasteiger partial charge in [-0.3, -0.25) is 0 Å². The van der Waals surface area contributed by atoms with E-state index in [4.69, 9.17) is 10.2 Å². The maximum absolute atomic E-state index is 14.7. The molecule has 0 aliphatic carbocycles. The molecule has 3 aromatic rings. The minimum atomic E-state index is -4.93. The number of rotatable bonds is 5. The normalized spacial score (nSPS) is 11.9. The molecule has 0 unspecified atom stereocenters. The van der Waals surface area contributed by atoms with Crippen LogP contribution in [0.1, 0.15) is 37.4 Å². The van der Waals surface area contributed by atoms with Crippen LogP contribution in [0.5, 0.6) is 0 Å². The summed E-state index contributed by atoms with van der Waals surface area (Å²) in [6.45, 7) is 0. The van der Waals surface area contributed by atoms with Gasteiger partial charge >= 0.3 is 18.1 Å². The van der Waals surface area contributed by atoms with Gasteiger partial charge in [0, 0.05) is 0 Å². The number of benzene rings is 3. The Bertz CT molecular complexity index is 1010. The molecule has 0 bridgehead atoms. The fourth-order valence-electron chi connectivity index (χ4n) is 3.42. The van der Waals surface area contributed by atoms with E-state index in [9.17, 15) is 27.2 Å². The zero-order valence-electron chi connectivity index (χ0n) is 15.2. The predicted molar refractivity (Wildman–Crippen MR) is 99.1 cm³/mol. The lowest BCUT2D eigenvalue weighted by molar-refractivity contribution is -0.166. The molecule has 0 aromatic heterocycles. The Morgan fingerprint density at radius 3 is 1.17 bits per heavy atom. The maximum Gasteiger partial charge on any atom is 0.406 e. The third-order valence-electron chi connectivity index (χ3n) is 4.83. The first-order valence-electron chi connectivity index (χ1n) is 8.58. The fraction of sp³-hybridized carbons (Fsp3) is 0.0909. The largest absolute Gasteiger partial charge is 0.478 e. The molecule has 0 aliphatic heterocycles.